The largest absolute Gasteiger partial charge is 0.342 e. The van der Waals surface area contributed by atoms with Crippen molar-refractivity contribution in [3.8, 4) is 0 Å². The van der Waals surface area contributed by atoms with Crippen LogP contribution in [-0.2, 0) is 29.0 Å². The molecule has 0 saturated carbocycles. The highest BCUT2D eigenvalue weighted by Gasteiger charge is 2.47. The van der Waals surface area contributed by atoms with Gasteiger partial charge in [0.15, 0.2) is 0 Å². The van der Waals surface area contributed by atoms with E-state index in [9.17, 15) is 18.7 Å². The first-order valence-electron chi connectivity index (χ1n) is 13.1. The molecule has 2 aliphatic heterocycles. The first-order chi connectivity index (χ1) is 17.3. The van der Waals surface area contributed by atoms with Gasteiger partial charge in [0.25, 0.3) is 0 Å². The first-order valence-corrected chi connectivity index (χ1v) is 14.8. The number of benzene rings is 2. The molecule has 2 aromatic rings. The highest BCUT2D eigenvalue weighted by molar-refractivity contribution is 8.25. The molecular formula is C28H37N3O4S. The number of amides is 2. The van der Waals surface area contributed by atoms with E-state index in [1.807, 2.05) is 36.4 Å². The number of hydrogen-bond acceptors (Lipinski definition) is 5. The van der Waals surface area contributed by atoms with Gasteiger partial charge in [0.2, 0.25) is 11.8 Å². The Morgan fingerprint density at radius 3 is 2.25 bits per heavy atom. The van der Waals surface area contributed by atoms with E-state index in [1.54, 1.807) is 9.21 Å². The zero-order chi connectivity index (χ0) is 25.4. The molecule has 8 heteroatoms. The minimum Gasteiger partial charge on any atom is -0.342 e. The van der Waals surface area contributed by atoms with Gasteiger partial charge in [0, 0.05) is 13.1 Å². The number of carbonyl (C=O) groups excluding carboxylic acids is 2. The van der Waals surface area contributed by atoms with Gasteiger partial charge in [0.05, 0.1) is 11.4 Å². The molecule has 2 aromatic carbocycles. The lowest BCUT2D eigenvalue weighted by molar-refractivity contribution is -0.154. The maximum Gasteiger partial charge on any atom is 0.246 e. The second-order valence-electron chi connectivity index (χ2n) is 10.3. The van der Waals surface area contributed by atoms with Gasteiger partial charge in [0.1, 0.15) is 12.1 Å². The van der Waals surface area contributed by atoms with Gasteiger partial charge in [-0.1, -0.05) is 69.2 Å². The van der Waals surface area contributed by atoms with Crippen LogP contribution in [0.5, 0.6) is 0 Å². The van der Waals surface area contributed by atoms with Crippen molar-refractivity contribution in [1.29, 1.82) is 0 Å². The Morgan fingerprint density at radius 1 is 1.00 bits per heavy atom. The van der Waals surface area contributed by atoms with Crippen LogP contribution in [0.1, 0.15) is 49.8 Å². The molecule has 1 aliphatic carbocycles. The highest BCUT2D eigenvalue weighted by Crippen LogP contribution is 2.52. The second-order valence-corrected chi connectivity index (χ2v) is 12.4. The maximum absolute atomic E-state index is 14.1. The van der Waals surface area contributed by atoms with E-state index in [-0.39, 0.29) is 30.2 Å². The van der Waals surface area contributed by atoms with E-state index in [1.165, 1.54) is 11.1 Å². The van der Waals surface area contributed by atoms with Crippen molar-refractivity contribution in [3.05, 3.63) is 65.2 Å². The van der Waals surface area contributed by atoms with Crippen LogP contribution >= 0.6 is 10.8 Å². The number of para-hydroxylation sites is 1. The van der Waals surface area contributed by atoms with Crippen molar-refractivity contribution in [2.45, 2.75) is 64.6 Å². The third-order valence-electron chi connectivity index (χ3n) is 8.23. The van der Waals surface area contributed by atoms with Crippen molar-refractivity contribution < 1.29 is 18.7 Å². The van der Waals surface area contributed by atoms with Gasteiger partial charge in [-0.05, 0) is 53.9 Å². The van der Waals surface area contributed by atoms with E-state index in [0.717, 1.165) is 36.9 Å². The number of nitrogens with zero attached hydrogens (tertiary/aromatic N) is 2. The van der Waals surface area contributed by atoms with E-state index in [4.69, 9.17) is 0 Å². The molecule has 2 fully saturated rings. The summed E-state index contributed by atoms with van der Waals surface area (Å²) >= 11 is 0. The molecule has 2 heterocycles. The fraction of sp³-hybridized carbons (Fsp3) is 0.500. The van der Waals surface area contributed by atoms with Crippen LogP contribution in [0.3, 0.4) is 0 Å². The molecule has 2 saturated heterocycles. The molecule has 0 aromatic heterocycles. The Labute approximate surface area is 215 Å². The Balaban J connectivity index is 1.48. The lowest BCUT2D eigenvalue weighted by Crippen LogP contribution is -2.66. The minimum atomic E-state index is -2.87. The number of anilines is 1. The first kappa shape index (κ1) is 25.1. The fourth-order valence-corrected chi connectivity index (χ4v) is 7.94. The number of fused-ring (bicyclic) bond motifs is 1. The van der Waals surface area contributed by atoms with Crippen LogP contribution in [-0.4, -0.2) is 50.2 Å². The summed E-state index contributed by atoms with van der Waals surface area (Å²) in [7, 11) is -2.87. The Kier molecular flexibility index (Phi) is 7.03. The van der Waals surface area contributed by atoms with Crippen molar-refractivity contribution in [2.75, 3.05) is 16.6 Å². The lowest BCUT2D eigenvalue weighted by Gasteiger charge is -2.44. The predicted molar refractivity (Wildman–Crippen MR) is 144 cm³/mol. The Morgan fingerprint density at radius 2 is 1.64 bits per heavy atom. The molecule has 5 rings (SSSR count). The maximum atomic E-state index is 14.1. The van der Waals surface area contributed by atoms with Crippen LogP contribution in [0, 0.1) is 11.8 Å². The predicted octanol–water partition coefficient (Wildman–Crippen LogP) is 4.61. The van der Waals surface area contributed by atoms with Crippen LogP contribution in [0.25, 0.3) is 0 Å². The fourth-order valence-electron chi connectivity index (χ4n) is 6.29. The van der Waals surface area contributed by atoms with Crippen LogP contribution in [0.4, 0.5) is 5.69 Å². The van der Waals surface area contributed by atoms with Gasteiger partial charge in [-0.2, -0.15) is 0 Å². The Hall–Kier alpha value is -2.55. The standard InChI is InChI=1S/C28H37N3O4S/c1-3-19(4-2)26-27(32)29-25(23-16-20-10-5-6-11-21(20)17-23)28(33)30(26)18-22-12-7-8-13-24(22)31-14-9-15-36(31,34)35/h5-8,10-13,19,23,25-26,34-35H,3-4,9,14-18H2,1-2H3,(H,29,32)/t25-,26-/m1/s1. The van der Waals surface area contributed by atoms with E-state index < -0.39 is 22.9 Å². The smallest absolute Gasteiger partial charge is 0.246 e. The average Bonchev–Trinajstić information content (AvgIpc) is 3.46. The normalized spacial score (nSPS) is 24.8. The van der Waals surface area contributed by atoms with Gasteiger partial charge >= 0.3 is 0 Å². The summed E-state index contributed by atoms with van der Waals surface area (Å²) in [6.07, 6.45) is 3.87. The second kappa shape index (κ2) is 10.1. The zero-order valence-corrected chi connectivity index (χ0v) is 21.9. The summed E-state index contributed by atoms with van der Waals surface area (Å²) in [4.78, 5) is 29.5. The molecule has 2 amide bonds. The summed E-state index contributed by atoms with van der Waals surface area (Å²) in [5.74, 6) is 0.326. The van der Waals surface area contributed by atoms with Crippen molar-refractivity contribution in [1.82, 2.24) is 10.2 Å². The molecule has 0 bridgehead atoms. The van der Waals surface area contributed by atoms with E-state index in [0.29, 0.717) is 18.7 Å². The molecule has 3 N–H and O–H groups in total. The number of rotatable bonds is 7. The zero-order valence-electron chi connectivity index (χ0n) is 21.1. The third kappa shape index (κ3) is 4.51. The van der Waals surface area contributed by atoms with Gasteiger partial charge in [-0.3, -0.25) is 23.0 Å². The molecule has 2 atom stereocenters. The molecule has 3 aliphatic rings. The van der Waals surface area contributed by atoms with Crippen LogP contribution in [0.15, 0.2) is 48.5 Å². The van der Waals surface area contributed by atoms with Crippen LogP contribution < -0.4 is 9.62 Å². The minimum absolute atomic E-state index is 0.0322. The number of piperazine rings is 1. The molecule has 194 valence electrons. The number of hydrogen-bond donors (Lipinski definition) is 3. The van der Waals surface area contributed by atoms with Crippen molar-refractivity contribution in [2.24, 2.45) is 11.8 Å². The number of carbonyl (C=O) groups is 2. The van der Waals surface area contributed by atoms with E-state index >= 15 is 0 Å². The van der Waals surface area contributed by atoms with Gasteiger partial charge in [-0.25, -0.2) is 0 Å². The Bertz CT molecular complexity index is 1110. The van der Waals surface area contributed by atoms with Crippen molar-refractivity contribution >= 4 is 28.3 Å². The van der Waals surface area contributed by atoms with Gasteiger partial charge < -0.3 is 10.2 Å². The average molecular weight is 512 g/mol. The lowest BCUT2D eigenvalue weighted by atomic mass is 9.86. The molecular weight excluding hydrogens is 474 g/mol. The number of nitrogens with one attached hydrogen (secondary N) is 1. The third-order valence-corrected chi connectivity index (χ3v) is 10.2. The SMILES string of the molecule is CCC(CC)[C@@H]1C(=O)N[C@H](C2Cc3ccccc3C2)C(=O)N1Cc1ccccc1N1CCCS1(O)O. The molecule has 0 spiro atoms. The van der Waals surface area contributed by atoms with Crippen molar-refractivity contribution in [3.63, 3.8) is 0 Å². The highest BCUT2D eigenvalue weighted by atomic mass is 32.3. The summed E-state index contributed by atoms with van der Waals surface area (Å²) in [6, 6.07) is 14.8. The molecule has 0 unspecified atom stereocenters. The van der Waals surface area contributed by atoms with Crippen LogP contribution in [0.2, 0.25) is 0 Å². The van der Waals surface area contributed by atoms with Gasteiger partial charge in [-0.15, -0.1) is 10.8 Å². The quantitative estimate of drug-likeness (QED) is 0.505. The molecule has 36 heavy (non-hydrogen) atoms. The summed E-state index contributed by atoms with van der Waals surface area (Å²) in [6.45, 7) is 4.97. The summed E-state index contributed by atoms with van der Waals surface area (Å²) < 4.78 is 23.0. The van der Waals surface area contributed by atoms with E-state index in [2.05, 4.69) is 31.3 Å². The topological polar surface area (TPSA) is 93.1 Å². The summed E-state index contributed by atoms with van der Waals surface area (Å²) in [5.41, 5.74) is 4.08. The molecule has 0 radical (unpaired) electrons. The molecule has 7 nitrogen and oxygen atoms in total. The summed E-state index contributed by atoms with van der Waals surface area (Å²) in [5, 5.41) is 3.12. The monoisotopic (exact) mass is 511 g/mol.